The van der Waals surface area contributed by atoms with Crippen LogP contribution >= 0.6 is 27.3 Å². The molecule has 3 aromatic rings. The van der Waals surface area contributed by atoms with Crippen LogP contribution in [0.15, 0.2) is 34.1 Å². The third-order valence-corrected chi connectivity index (χ3v) is 3.82. The number of nitrogens with zero attached hydrogens (tertiary/aromatic N) is 2. The summed E-state index contributed by atoms with van der Waals surface area (Å²) in [6.45, 7) is 0. The lowest BCUT2D eigenvalue weighted by Crippen LogP contribution is -2.01. The minimum absolute atomic E-state index is 0.160. The van der Waals surface area contributed by atoms with Crippen LogP contribution in [0.25, 0.3) is 10.2 Å². The number of benzene rings is 1. The number of fused-ring (bicyclic) bond motifs is 1. The molecule has 2 aromatic heterocycles. The summed E-state index contributed by atoms with van der Waals surface area (Å²) >= 11 is 4.76. The van der Waals surface area contributed by atoms with Gasteiger partial charge in [-0.05, 0) is 29.6 Å². The third-order valence-electron chi connectivity index (χ3n) is 2.52. The molecule has 0 atom stereocenters. The molecule has 0 fully saturated rings. The van der Waals surface area contributed by atoms with Crippen molar-refractivity contribution in [3.05, 3.63) is 39.9 Å². The number of thiophene rings is 1. The average molecular weight is 339 g/mol. The number of halogens is 2. The quantitative estimate of drug-likeness (QED) is 0.743. The largest absolute Gasteiger partial charge is 0.368 e. The Morgan fingerprint density at radius 2 is 2.11 bits per heavy atom. The zero-order chi connectivity index (χ0) is 13.4. The highest BCUT2D eigenvalue weighted by molar-refractivity contribution is 9.10. The number of anilines is 3. The minimum atomic E-state index is -0.358. The number of hydrogen-bond acceptors (Lipinski definition) is 5. The van der Waals surface area contributed by atoms with E-state index >= 15 is 0 Å². The first-order chi connectivity index (χ1) is 9.13. The molecule has 1 aromatic carbocycles. The van der Waals surface area contributed by atoms with E-state index in [1.165, 1.54) is 17.4 Å². The van der Waals surface area contributed by atoms with Crippen molar-refractivity contribution < 1.29 is 4.39 Å². The van der Waals surface area contributed by atoms with Gasteiger partial charge in [-0.25, -0.2) is 9.37 Å². The molecule has 19 heavy (non-hydrogen) atoms. The fraction of sp³-hybridized carbons (Fsp3) is 0. The van der Waals surface area contributed by atoms with Crippen molar-refractivity contribution >= 4 is 54.9 Å². The van der Waals surface area contributed by atoms with E-state index in [4.69, 9.17) is 5.73 Å². The van der Waals surface area contributed by atoms with E-state index in [-0.39, 0.29) is 11.8 Å². The van der Waals surface area contributed by atoms with Gasteiger partial charge in [0.15, 0.2) is 0 Å². The normalized spacial score (nSPS) is 10.8. The maximum absolute atomic E-state index is 13.7. The van der Waals surface area contributed by atoms with E-state index in [2.05, 4.69) is 31.2 Å². The van der Waals surface area contributed by atoms with Gasteiger partial charge in [0.1, 0.15) is 16.5 Å². The van der Waals surface area contributed by atoms with Crippen molar-refractivity contribution in [2.75, 3.05) is 11.1 Å². The number of nitrogens with one attached hydrogen (secondary N) is 1. The fourth-order valence-electron chi connectivity index (χ4n) is 1.69. The standard InChI is InChI=1S/C12H8BrFN4S/c13-6-1-2-8(14)9(5-6)16-10-7-3-4-19-11(7)18-12(15)17-10/h1-5H,(H3,15,16,17,18). The monoisotopic (exact) mass is 338 g/mol. The summed E-state index contributed by atoms with van der Waals surface area (Å²) in [5.41, 5.74) is 5.98. The average Bonchev–Trinajstić information content (AvgIpc) is 2.82. The molecule has 0 bridgehead atoms. The number of rotatable bonds is 2. The molecule has 3 rings (SSSR count). The molecular weight excluding hydrogens is 331 g/mol. The number of aromatic nitrogens is 2. The van der Waals surface area contributed by atoms with Gasteiger partial charge in [-0.15, -0.1) is 11.3 Å². The fourth-order valence-corrected chi connectivity index (χ4v) is 2.82. The number of hydrogen-bond donors (Lipinski definition) is 2. The maximum Gasteiger partial charge on any atom is 0.223 e. The van der Waals surface area contributed by atoms with Crippen LogP contribution in [-0.4, -0.2) is 9.97 Å². The van der Waals surface area contributed by atoms with Crippen LogP contribution < -0.4 is 11.1 Å². The van der Waals surface area contributed by atoms with Crippen molar-refractivity contribution in [3.63, 3.8) is 0 Å². The smallest absolute Gasteiger partial charge is 0.223 e. The molecule has 4 nitrogen and oxygen atoms in total. The molecule has 0 saturated heterocycles. The Kier molecular flexibility index (Phi) is 3.08. The number of nitrogen functional groups attached to an aromatic ring is 1. The lowest BCUT2D eigenvalue weighted by Gasteiger charge is -2.08. The van der Waals surface area contributed by atoms with E-state index in [0.717, 1.165) is 14.7 Å². The first-order valence-electron chi connectivity index (χ1n) is 5.36. The molecule has 0 aliphatic rings. The summed E-state index contributed by atoms with van der Waals surface area (Å²) in [6, 6.07) is 6.53. The first-order valence-corrected chi connectivity index (χ1v) is 7.03. The molecular formula is C12H8BrFN4S. The Morgan fingerprint density at radius 1 is 1.26 bits per heavy atom. The predicted octanol–water partition coefficient (Wildman–Crippen LogP) is 3.92. The lowest BCUT2D eigenvalue weighted by molar-refractivity contribution is 0.631. The molecule has 0 aliphatic carbocycles. The van der Waals surface area contributed by atoms with Crippen LogP contribution in [0.3, 0.4) is 0 Å². The third kappa shape index (κ3) is 2.39. The van der Waals surface area contributed by atoms with E-state index in [1.807, 2.05) is 11.4 Å². The molecule has 0 aliphatic heterocycles. The summed E-state index contributed by atoms with van der Waals surface area (Å²) in [5, 5.41) is 5.66. The van der Waals surface area contributed by atoms with Gasteiger partial charge in [0.2, 0.25) is 5.95 Å². The summed E-state index contributed by atoms with van der Waals surface area (Å²) < 4.78 is 14.5. The highest BCUT2D eigenvalue weighted by Crippen LogP contribution is 2.30. The van der Waals surface area contributed by atoms with Gasteiger partial charge in [-0.3, -0.25) is 0 Å². The second kappa shape index (κ2) is 4.75. The second-order valence-electron chi connectivity index (χ2n) is 3.82. The van der Waals surface area contributed by atoms with Gasteiger partial charge in [-0.2, -0.15) is 4.98 Å². The van der Waals surface area contributed by atoms with Gasteiger partial charge < -0.3 is 11.1 Å². The first kappa shape index (κ1) is 12.3. The summed E-state index contributed by atoms with van der Waals surface area (Å²) in [7, 11) is 0. The summed E-state index contributed by atoms with van der Waals surface area (Å²) in [4.78, 5) is 9.01. The van der Waals surface area contributed by atoms with Crippen molar-refractivity contribution in [1.29, 1.82) is 0 Å². The molecule has 0 amide bonds. The summed E-state index contributed by atoms with van der Waals surface area (Å²) in [5.74, 6) is 0.303. The van der Waals surface area contributed by atoms with Crippen LogP contribution in [-0.2, 0) is 0 Å². The zero-order valence-corrected chi connectivity index (χ0v) is 11.9. The van der Waals surface area contributed by atoms with E-state index in [1.54, 1.807) is 12.1 Å². The number of nitrogens with two attached hydrogens (primary N) is 1. The molecule has 96 valence electrons. The van der Waals surface area contributed by atoms with Crippen LogP contribution in [0.2, 0.25) is 0 Å². The topological polar surface area (TPSA) is 63.8 Å². The highest BCUT2D eigenvalue weighted by Gasteiger charge is 2.10. The van der Waals surface area contributed by atoms with Crippen LogP contribution in [0.1, 0.15) is 0 Å². The maximum atomic E-state index is 13.7. The summed E-state index contributed by atoms with van der Waals surface area (Å²) in [6.07, 6.45) is 0. The van der Waals surface area contributed by atoms with Gasteiger partial charge in [0, 0.05) is 4.47 Å². The molecule has 0 spiro atoms. The Morgan fingerprint density at radius 3 is 2.95 bits per heavy atom. The predicted molar refractivity (Wildman–Crippen MR) is 79.2 cm³/mol. The van der Waals surface area contributed by atoms with Crippen molar-refractivity contribution in [3.8, 4) is 0 Å². The van der Waals surface area contributed by atoms with Gasteiger partial charge >= 0.3 is 0 Å². The Labute approximate surface area is 120 Å². The SMILES string of the molecule is Nc1nc(Nc2cc(Br)ccc2F)c2ccsc2n1. The molecule has 0 radical (unpaired) electrons. The van der Waals surface area contributed by atoms with E-state index in [9.17, 15) is 4.39 Å². The molecule has 7 heteroatoms. The second-order valence-corrected chi connectivity index (χ2v) is 5.63. The lowest BCUT2D eigenvalue weighted by atomic mass is 10.3. The highest BCUT2D eigenvalue weighted by atomic mass is 79.9. The van der Waals surface area contributed by atoms with Crippen LogP contribution in [0.5, 0.6) is 0 Å². The van der Waals surface area contributed by atoms with E-state index < -0.39 is 0 Å². The van der Waals surface area contributed by atoms with Crippen molar-refractivity contribution in [1.82, 2.24) is 9.97 Å². The van der Waals surface area contributed by atoms with Crippen LogP contribution in [0.4, 0.5) is 21.8 Å². The van der Waals surface area contributed by atoms with Crippen molar-refractivity contribution in [2.24, 2.45) is 0 Å². The Hall–Kier alpha value is -1.73. The van der Waals surface area contributed by atoms with Gasteiger partial charge in [0.25, 0.3) is 0 Å². The van der Waals surface area contributed by atoms with E-state index in [0.29, 0.717) is 11.5 Å². The minimum Gasteiger partial charge on any atom is -0.368 e. The zero-order valence-electron chi connectivity index (χ0n) is 9.52. The van der Waals surface area contributed by atoms with Crippen molar-refractivity contribution in [2.45, 2.75) is 0 Å². The Balaban J connectivity index is 2.10. The Bertz CT molecular complexity index is 759. The van der Waals surface area contributed by atoms with Crippen LogP contribution in [0, 0.1) is 5.82 Å². The molecule has 3 N–H and O–H groups in total. The molecule has 2 heterocycles. The van der Waals surface area contributed by atoms with Gasteiger partial charge in [0.05, 0.1) is 11.1 Å². The van der Waals surface area contributed by atoms with Gasteiger partial charge in [-0.1, -0.05) is 15.9 Å². The molecule has 0 saturated carbocycles. The molecule has 0 unspecified atom stereocenters.